The fraction of sp³-hybridized carbons (Fsp3) is 0.667. The summed E-state index contributed by atoms with van der Waals surface area (Å²) in [4.78, 5) is 15.0. The smallest absolute Gasteiger partial charge is 0.255 e. The van der Waals surface area contributed by atoms with Crippen LogP contribution >= 0.6 is 0 Å². The first-order valence-electron chi connectivity index (χ1n) is 10.1. The van der Waals surface area contributed by atoms with Gasteiger partial charge < -0.3 is 18.6 Å². The van der Waals surface area contributed by atoms with Crippen molar-refractivity contribution in [2.75, 3.05) is 26.8 Å². The van der Waals surface area contributed by atoms with Crippen molar-refractivity contribution in [2.24, 2.45) is 11.8 Å². The molecule has 0 aliphatic carbocycles. The van der Waals surface area contributed by atoms with E-state index in [1.807, 2.05) is 24.8 Å². The third-order valence-corrected chi connectivity index (χ3v) is 5.45. The van der Waals surface area contributed by atoms with Crippen LogP contribution in [-0.2, 0) is 24.1 Å². The van der Waals surface area contributed by atoms with Gasteiger partial charge in [0.2, 0.25) is 11.8 Å². The van der Waals surface area contributed by atoms with E-state index in [1.54, 1.807) is 7.11 Å². The number of likely N-dealkylation sites (tertiary alicyclic amines) is 1. The van der Waals surface area contributed by atoms with Gasteiger partial charge in [-0.15, -0.1) is 10.2 Å². The number of aryl methyl sites for hydroxylation is 1. The number of nitrogens with zero attached hydrogens (tertiary/aromatic N) is 4. The molecule has 0 N–H and O–H groups in total. The van der Waals surface area contributed by atoms with Gasteiger partial charge in [-0.1, -0.05) is 13.8 Å². The second kappa shape index (κ2) is 8.90. The molecule has 1 saturated heterocycles. The molecule has 3 heterocycles. The minimum atomic E-state index is 0.116. The highest BCUT2D eigenvalue weighted by molar-refractivity contribution is 5.95. The number of carbonyl (C=O) groups excluding carboxylic acids is 1. The standard InChI is InChI=1S/C21H32N4O3/c1-14(2)10-19-22-23-20(28-19)12-17-6-7-24(13-17)21(26)18-11-15(3)25(16(18)4)8-9-27-5/h11,14,17H,6-10,12-13H2,1-5H3. The summed E-state index contributed by atoms with van der Waals surface area (Å²) in [5.41, 5.74) is 2.90. The normalized spacial score (nSPS) is 17.1. The molecule has 0 bridgehead atoms. The van der Waals surface area contributed by atoms with Crippen molar-refractivity contribution >= 4 is 5.91 Å². The van der Waals surface area contributed by atoms with Gasteiger partial charge in [-0.25, -0.2) is 0 Å². The molecule has 7 nitrogen and oxygen atoms in total. The summed E-state index contributed by atoms with van der Waals surface area (Å²) in [7, 11) is 1.69. The maximum atomic E-state index is 13.1. The first-order valence-corrected chi connectivity index (χ1v) is 10.1. The van der Waals surface area contributed by atoms with E-state index in [0.717, 1.165) is 55.8 Å². The first-order chi connectivity index (χ1) is 13.4. The van der Waals surface area contributed by atoms with E-state index < -0.39 is 0 Å². The minimum Gasteiger partial charge on any atom is -0.425 e. The van der Waals surface area contributed by atoms with E-state index in [-0.39, 0.29) is 5.91 Å². The third-order valence-electron chi connectivity index (χ3n) is 5.45. The lowest BCUT2D eigenvalue weighted by molar-refractivity contribution is 0.0785. The van der Waals surface area contributed by atoms with Gasteiger partial charge in [0.15, 0.2) is 0 Å². The van der Waals surface area contributed by atoms with Crippen molar-refractivity contribution < 1.29 is 13.9 Å². The molecule has 3 rings (SSSR count). The van der Waals surface area contributed by atoms with E-state index in [0.29, 0.717) is 30.2 Å². The molecule has 0 aromatic carbocycles. The highest BCUT2D eigenvalue weighted by Crippen LogP contribution is 2.24. The Kier molecular flexibility index (Phi) is 6.54. The SMILES string of the molecule is COCCn1c(C)cc(C(=O)N2CCC(Cc3nnc(CC(C)C)o3)C2)c1C. The van der Waals surface area contributed by atoms with Crippen LogP contribution in [0.1, 0.15) is 53.8 Å². The van der Waals surface area contributed by atoms with E-state index in [1.165, 1.54) is 0 Å². The molecule has 0 saturated carbocycles. The molecule has 28 heavy (non-hydrogen) atoms. The van der Waals surface area contributed by atoms with Crippen molar-refractivity contribution in [3.8, 4) is 0 Å². The van der Waals surface area contributed by atoms with Crippen LogP contribution in [0.4, 0.5) is 0 Å². The third kappa shape index (κ3) is 4.63. The van der Waals surface area contributed by atoms with Crippen molar-refractivity contribution in [3.05, 3.63) is 34.8 Å². The fourth-order valence-electron chi connectivity index (χ4n) is 3.95. The molecule has 1 fully saturated rings. The Labute approximate surface area is 167 Å². The van der Waals surface area contributed by atoms with E-state index in [9.17, 15) is 4.79 Å². The molecular formula is C21H32N4O3. The van der Waals surface area contributed by atoms with Crippen LogP contribution in [-0.4, -0.2) is 52.4 Å². The maximum absolute atomic E-state index is 13.1. The van der Waals surface area contributed by atoms with Crippen LogP contribution in [0.25, 0.3) is 0 Å². The first kappa shape index (κ1) is 20.6. The monoisotopic (exact) mass is 388 g/mol. The Morgan fingerprint density at radius 3 is 2.79 bits per heavy atom. The zero-order chi connectivity index (χ0) is 20.3. The molecule has 2 aromatic heterocycles. The zero-order valence-corrected chi connectivity index (χ0v) is 17.7. The largest absolute Gasteiger partial charge is 0.425 e. The Morgan fingerprint density at radius 2 is 2.07 bits per heavy atom. The molecule has 154 valence electrons. The van der Waals surface area contributed by atoms with E-state index >= 15 is 0 Å². The van der Waals surface area contributed by atoms with Gasteiger partial charge in [-0.3, -0.25) is 4.79 Å². The van der Waals surface area contributed by atoms with Gasteiger partial charge in [0, 0.05) is 51.0 Å². The van der Waals surface area contributed by atoms with Crippen LogP contribution in [0, 0.1) is 25.7 Å². The Bertz CT molecular complexity index is 809. The molecule has 2 aromatic rings. The lowest BCUT2D eigenvalue weighted by Crippen LogP contribution is -2.29. The summed E-state index contributed by atoms with van der Waals surface area (Å²) in [6.45, 7) is 11.2. The van der Waals surface area contributed by atoms with Gasteiger partial charge in [-0.05, 0) is 38.2 Å². The van der Waals surface area contributed by atoms with Crippen molar-refractivity contribution in [1.82, 2.24) is 19.7 Å². The number of rotatable bonds is 8. The second-order valence-electron chi connectivity index (χ2n) is 8.23. The highest BCUT2D eigenvalue weighted by atomic mass is 16.5. The quantitative estimate of drug-likeness (QED) is 0.695. The number of methoxy groups -OCH3 is 1. The predicted molar refractivity (Wildman–Crippen MR) is 106 cm³/mol. The summed E-state index contributed by atoms with van der Waals surface area (Å²) < 4.78 is 13.1. The number of aromatic nitrogens is 3. The number of hydrogen-bond donors (Lipinski definition) is 0. The zero-order valence-electron chi connectivity index (χ0n) is 17.7. The molecule has 1 amide bonds. The van der Waals surface area contributed by atoms with Gasteiger partial charge in [-0.2, -0.15) is 0 Å². The number of ether oxygens (including phenoxy) is 1. The van der Waals surface area contributed by atoms with E-state index in [4.69, 9.17) is 9.15 Å². The van der Waals surface area contributed by atoms with Gasteiger partial charge >= 0.3 is 0 Å². The number of amides is 1. The lowest BCUT2D eigenvalue weighted by atomic mass is 10.1. The summed E-state index contributed by atoms with van der Waals surface area (Å²) in [5, 5.41) is 8.32. The van der Waals surface area contributed by atoms with Crippen molar-refractivity contribution in [1.29, 1.82) is 0 Å². The summed E-state index contributed by atoms with van der Waals surface area (Å²) in [5.74, 6) is 2.38. The van der Waals surface area contributed by atoms with Crippen LogP contribution in [0.3, 0.4) is 0 Å². The molecule has 1 unspecified atom stereocenters. The van der Waals surface area contributed by atoms with Gasteiger partial charge in [0.05, 0.1) is 12.2 Å². The topological polar surface area (TPSA) is 73.4 Å². The Balaban J connectivity index is 1.60. The highest BCUT2D eigenvalue weighted by Gasteiger charge is 2.30. The predicted octanol–water partition coefficient (Wildman–Crippen LogP) is 3.04. The number of carbonyl (C=O) groups is 1. The van der Waals surface area contributed by atoms with Crippen molar-refractivity contribution in [3.63, 3.8) is 0 Å². The molecule has 1 aliphatic heterocycles. The molecule has 0 spiro atoms. The molecule has 7 heteroatoms. The average molecular weight is 389 g/mol. The van der Waals surface area contributed by atoms with Crippen LogP contribution < -0.4 is 0 Å². The summed E-state index contributed by atoms with van der Waals surface area (Å²) >= 11 is 0. The van der Waals surface area contributed by atoms with Crippen LogP contribution in [0.5, 0.6) is 0 Å². The second-order valence-corrected chi connectivity index (χ2v) is 8.23. The van der Waals surface area contributed by atoms with Crippen molar-refractivity contribution in [2.45, 2.75) is 53.5 Å². The molecular weight excluding hydrogens is 356 g/mol. The van der Waals surface area contributed by atoms with Gasteiger partial charge in [0.1, 0.15) is 0 Å². The average Bonchev–Trinajstić information content (AvgIpc) is 3.34. The molecule has 0 radical (unpaired) electrons. The summed E-state index contributed by atoms with van der Waals surface area (Å²) in [6.07, 6.45) is 2.51. The maximum Gasteiger partial charge on any atom is 0.255 e. The Morgan fingerprint density at radius 1 is 1.32 bits per heavy atom. The number of hydrogen-bond acceptors (Lipinski definition) is 5. The molecule has 1 aliphatic rings. The fourth-order valence-corrected chi connectivity index (χ4v) is 3.95. The lowest BCUT2D eigenvalue weighted by Gasteiger charge is -2.16. The van der Waals surface area contributed by atoms with Crippen LogP contribution in [0.2, 0.25) is 0 Å². The minimum absolute atomic E-state index is 0.116. The Hall–Kier alpha value is -2.15. The molecule has 1 atom stereocenters. The van der Waals surface area contributed by atoms with E-state index in [2.05, 4.69) is 28.6 Å². The van der Waals surface area contributed by atoms with Crippen LogP contribution in [0.15, 0.2) is 10.5 Å². The van der Waals surface area contributed by atoms with Gasteiger partial charge in [0.25, 0.3) is 5.91 Å². The summed E-state index contributed by atoms with van der Waals surface area (Å²) in [6, 6.07) is 2.00.